The fraction of sp³-hybridized carbons (Fsp3) is 0.0714. The number of aryl methyl sites for hydroxylation is 1. The van der Waals surface area contributed by atoms with E-state index in [0.29, 0.717) is 5.71 Å². The molecule has 4 nitrogen and oxygen atoms in total. The van der Waals surface area contributed by atoms with Crippen LogP contribution in [0.4, 0.5) is 17.1 Å². The average molecular weight is 415 g/mol. The van der Waals surface area contributed by atoms with Crippen LogP contribution in [0.15, 0.2) is 102 Å². The molecule has 6 rings (SSSR count). The fourth-order valence-electron chi connectivity index (χ4n) is 4.72. The van der Waals surface area contributed by atoms with Crippen LogP contribution in [0.25, 0.3) is 21.8 Å². The van der Waals surface area contributed by atoms with Crippen LogP contribution < -0.4 is 4.90 Å². The molecular weight excluding hydrogens is 394 g/mol. The molecule has 0 spiro atoms. The van der Waals surface area contributed by atoms with E-state index in [0.717, 1.165) is 34.6 Å². The monoisotopic (exact) mass is 415 g/mol. The number of carbonyl (C=O) groups is 1. The third kappa shape index (κ3) is 2.70. The van der Waals surface area contributed by atoms with E-state index in [1.54, 1.807) is 4.90 Å². The molecule has 2 heterocycles. The Morgan fingerprint density at radius 1 is 0.750 bits per heavy atom. The lowest BCUT2D eigenvalue weighted by molar-refractivity contribution is -0.111. The van der Waals surface area contributed by atoms with E-state index in [1.807, 2.05) is 60.7 Å². The van der Waals surface area contributed by atoms with Crippen LogP contribution >= 0.6 is 0 Å². The van der Waals surface area contributed by atoms with Gasteiger partial charge in [-0.15, -0.1) is 0 Å². The molecule has 1 amide bonds. The maximum Gasteiger partial charge on any atom is 0.282 e. The van der Waals surface area contributed by atoms with E-state index in [4.69, 9.17) is 4.99 Å². The number of anilines is 2. The number of amides is 1. The summed E-state index contributed by atoms with van der Waals surface area (Å²) in [7, 11) is 0. The third-order valence-electron chi connectivity index (χ3n) is 6.13. The van der Waals surface area contributed by atoms with Gasteiger partial charge in [0.2, 0.25) is 0 Å². The van der Waals surface area contributed by atoms with Gasteiger partial charge in [-0.05, 0) is 49.4 Å². The van der Waals surface area contributed by atoms with Crippen LogP contribution in [0.5, 0.6) is 0 Å². The Morgan fingerprint density at radius 2 is 1.47 bits per heavy atom. The van der Waals surface area contributed by atoms with Gasteiger partial charge in [0.05, 0.1) is 11.4 Å². The summed E-state index contributed by atoms with van der Waals surface area (Å²) in [6, 6.07) is 32.2. The van der Waals surface area contributed by atoms with Crippen molar-refractivity contribution in [2.45, 2.75) is 13.5 Å². The van der Waals surface area contributed by atoms with Gasteiger partial charge in [-0.25, -0.2) is 4.99 Å². The molecular formula is C28H21N3O. The Bertz CT molecular complexity index is 1530. The van der Waals surface area contributed by atoms with Gasteiger partial charge in [0.1, 0.15) is 5.71 Å². The molecule has 5 aromatic rings. The predicted molar refractivity (Wildman–Crippen MR) is 131 cm³/mol. The predicted octanol–water partition coefficient (Wildman–Crippen LogP) is 6.61. The molecule has 0 aliphatic carbocycles. The Balaban J connectivity index is 1.52. The standard InChI is InChI=1S/C28H21N3O/c1-2-30-24-14-8-6-12-21(24)23-18-19(16-17-25(23)30)29-27-22-13-7-9-15-26(22)31(28(27)32)20-10-4-3-5-11-20/h3-18H,2H2,1H3/b29-27+. The van der Waals surface area contributed by atoms with E-state index < -0.39 is 0 Å². The molecule has 0 unspecified atom stereocenters. The molecule has 32 heavy (non-hydrogen) atoms. The Labute approximate surface area is 186 Å². The minimum atomic E-state index is -0.103. The minimum Gasteiger partial charge on any atom is -0.341 e. The summed E-state index contributed by atoms with van der Waals surface area (Å²) in [5.74, 6) is -0.103. The van der Waals surface area contributed by atoms with Crippen molar-refractivity contribution in [1.29, 1.82) is 0 Å². The Hall–Kier alpha value is -4.18. The van der Waals surface area contributed by atoms with Gasteiger partial charge < -0.3 is 4.57 Å². The number of hydrogen-bond donors (Lipinski definition) is 0. The summed E-state index contributed by atoms with van der Waals surface area (Å²) in [4.78, 5) is 20.1. The molecule has 0 N–H and O–H groups in total. The van der Waals surface area contributed by atoms with Gasteiger partial charge in [-0.2, -0.15) is 0 Å². The number of rotatable bonds is 3. The number of nitrogens with zero attached hydrogens (tertiary/aromatic N) is 3. The first-order valence-corrected chi connectivity index (χ1v) is 10.8. The van der Waals surface area contributed by atoms with Crippen LogP contribution in [0.1, 0.15) is 12.5 Å². The zero-order valence-electron chi connectivity index (χ0n) is 17.7. The maximum atomic E-state index is 13.5. The molecule has 4 heteroatoms. The highest BCUT2D eigenvalue weighted by Crippen LogP contribution is 2.37. The van der Waals surface area contributed by atoms with Crippen molar-refractivity contribution in [2.24, 2.45) is 4.99 Å². The number of para-hydroxylation sites is 3. The highest BCUT2D eigenvalue weighted by atomic mass is 16.2. The van der Waals surface area contributed by atoms with Crippen LogP contribution in [0.3, 0.4) is 0 Å². The van der Waals surface area contributed by atoms with E-state index in [9.17, 15) is 4.79 Å². The Morgan fingerprint density at radius 3 is 2.31 bits per heavy atom. The molecule has 0 atom stereocenters. The first-order valence-electron chi connectivity index (χ1n) is 10.8. The number of aliphatic imine (C=N–C) groups is 1. The molecule has 1 aromatic heterocycles. The molecule has 1 aliphatic heterocycles. The average Bonchev–Trinajstić information content (AvgIpc) is 3.31. The van der Waals surface area contributed by atoms with E-state index in [1.165, 1.54) is 16.4 Å². The summed E-state index contributed by atoms with van der Waals surface area (Å²) in [6.45, 7) is 3.06. The maximum absolute atomic E-state index is 13.5. The van der Waals surface area contributed by atoms with E-state index in [2.05, 4.69) is 47.9 Å². The SMILES string of the molecule is CCn1c2ccccc2c2cc(/N=C3/C(=O)N(c4ccccc4)c4ccccc43)ccc21. The van der Waals surface area contributed by atoms with Crippen molar-refractivity contribution in [3.63, 3.8) is 0 Å². The van der Waals surface area contributed by atoms with Gasteiger partial charge in [0, 0.05) is 39.6 Å². The zero-order chi connectivity index (χ0) is 21.7. The van der Waals surface area contributed by atoms with Crippen LogP contribution in [-0.4, -0.2) is 16.2 Å². The third-order valence-corrected chi connectivity index (χ3v) is 6.13. The normalized spacial score (nSPS) is 14.6. The second kappa shape index (κ2) is 7.20. The molecule has 1 aliphatic rings. The smallest absolute Gasteiger partial charge is 0.282 e. The molecule has 0 saturated carbocycles. The summed E-state index contributed by atoms with van der Waals surface area (Å²) >= 11 is 0. The summed E-state index contributed by atoms with van der Waals surface area (Å²) in [5, 5.41) is 2.36. The first kappa shape index (κ1) is 18.6. The lowest BCUT2D eigenvalue weighted by Gasteiger charge is -2.16. The van der Waals surface area contributed by atoms with Crippen LogP contribution in [0.2, 0.25) is 0 Å². The highest BCUT2D eigenvalue weighted by molar-refractivity contribution is 6.56. The molecule has 0 saturated heterocycles. The van der Waals surface area contributed by atoms with Gasteiger partial charge in [-0.1, -0.05) is 54.6 Å². The second-order valence-corrected chi connectivity index (χ2v) is 7.92. The van der Waals surface area contributed by atoms with Crippen molar-refractivity contribution in [1.82, 2.24) is 4.57 Å². The van der Waals surface area contributed by atoms with Crippen LogP contribution in [0, 0.1) is 0 Å². The minimum absolute atomic E-state index is 0.103. The van der Waals surface area contributed by atoms with E-state index >= 15 is 0 Å². The van der Waals surface area contributed by atoms with Crippen molar-refractivity contribution >= 4 is 50.5 Å². The van der Waals surface area contributed by atoms with Gasteiger partial charge in [0.15, 0.2) is 0 Å². The molecule has 4 aromatic carbocycles. The topological polar surface area (TPSA) is 37.6 Å². The number of aromatic nitrogens is 1. The summed E-state index contributed by atoms with van der Waals surface area (Å²) in [5.41, 5.74) is 6.22. The number of benzene rings is 4. The van der Waals surface area contributed by atoms with E-state index in [-0.39, 0.29) is 5.91 Å². The molecule has 0 bridgehead atoms. The fourth-order valence-corrected chi connectivity index (χ4v) is 4.72. The lowest BCUT2D eigenvalue weighted by Crippen LogP contribution is -2.25. The number of fused-ring (bicyclic) bond motifs is 4. The second-order valence-electron chi connectivity index (χ2n) is 7.92. The van der Waals surface area contributed by atoms with Crippen molar-refractivity contribution < 1.29 is 4.79 Å². The van der Waals surface area contributed by atoms with Crippen molar-refractivity contribution in [2.75, 3.05) is 4.90 Å². The molecule has 154 valence electrons. The highest BCUT2D eigenvalue weighted by Gasteiger charge is 2.34. The largest absolute Gasteiger partial charge is 0.341 e. The first-order chi connectivity index (χ1) is 15.8. The summed E-state index contributed by atoms with van der Waals surface area (Å²) in [6.07, 6.45) is 0. The molecule has 0 fully saturated rings. The number of carbonyl (C=O) groups excluding carboxylic acids is 1. The lowest BCUT2D eigenvalue weighted by atomic mass is 10.1. The Kier molecular flexibility index (Phi) is 4.18. The van der Waals surface area contributed by atoms with Crippen LogP contribution in [-0.2, 0) is 11.3 Å². The van der Waals surface area contributed by atoms with Gasteiger partial charge in [-0.3, -0.25) is 9.69 Å². The zero-order valence-corrected chi connectivity index (χ0v) is 17.7. The summed E-state index contributed by atoms with van der Waals surface area (Å²) < 4.78 is 2.31. The quantitative estimate of drug-likeness (QED) is 0.326. The van der Waals surface area contributed by atoms with Crippen molar-refractivity contribution in [3.05, 3.63) is 103 Å². The number of hydrogen-bond acceptors (Lipinski definition) is 2. The molecule has 0 radical (unpaired) electrons. The van der Waals surface area contributed by atoms with Gasteiger partial charge in [0.25, 0.3) is 5.91 Å². The van der Waals surface area contributed by atoms with Crippen molar-refractivity contribution in [3.8, 4) is 0 Å². The van der Waals surface area contributed by atoms with Gasteiger partial charge >= 0.3 is 0 Å².